The Hall–Kier alpha value is -1.97. The maximum atomic E-state index is 12.6. The number of nitrogens with zero attached hydrogens (tertiary/aromatic N) is 2. The second-order valence-electron chi connectivity index (χ2n) is 5.50. The number of pyridine rings is 1. The smallest absolute Gasteiger partial charge is 0.261 e. The first kappa shape index (κ1) is 19.4. The van der Waals surface area contributed by atoms with Crippen molar-refractivity contribution in [3.63, 3.8) is 0 Å². The van der Waals surface area contributed by atoms with Crippen molar-refractivity contribution in [3.05, 3.63) is 48.8 Å². The summed E-state index contributed by atoms with van der Waals surface area (Å²) in [6.45, 7) is 2.35. The van der Waals surface area contributed by atoms with Crippen LogP contribution in [0.2, 0.25) is 0 Å². The van der Waals surface area contributed by atoms with Gasteiger partial charge in [-0.2, -0.15) is 0 Å². The molecule has 1 heterocycles. The lowest BCUT2D eigenvalue weighted by molar-refractivity contribution is 0.459. The lowest BCUT2D eigenvalue weighted by atomic mass is 10.3. The fourth-order valence-corrected chi connectivity index (χ4v) is 4.55. The standard InChI is InChI=1S/C16H21N3O4S2/c1-3-4-12-19(2)25(22,23)16-7-5-6-15(13-16)24(20,21)18-14-8-10-17-11-9-14/h5-11,13H,3-4,12H2,1-2H3,(H,17,18). The zero-order valence-electron chi connectivity index (χ0n) is 14.1. The number of unbranched alkanes of at least 4 members (excludes halogenated alkanes) is 1. The van der Waals surface area contributed by atoms with E-state index in [1.165, 1.54) is 60.1 Å². The Morgan fingerprint density at radius 3 is 2.32 bits per heavy atom. The molecule has 1 N–H and O–H groups in total. The van der Waals surface area contributed by atoms with Crippen LogP contribution < -0.4 is 4.72 Å². The van der Waals surface area contributed by atoms with E-state index >= 15 is 0 Å². The fourth-order valence-electron chi connectivity index (χ4n) is 2.12. The van der Waals surface area contributed by atoms with Crippen LogP contribution in [0.1, 0.15) is 19.8 Å². The van der Waals surface area contributed by atoms with Crippen molar-refractivity contribution in [2.24, 2.45) is 0 Å². The van der Waals surface area contributed by atoms with Gasteiger partial charge in [-0.15, -0.1) is 0 Å². The molecule has 2 rings (SSSR count). The minimum absolute atomic E-state index is 0.0521. The van der Waals surface area contributed by atoms with Gasteiger partial charge in [0.1, 0.15) is 0 Å². The molecule has 0 bridgehead atoms. The number of rotatable bonds is 8. The lowest BCUT2D eigenvalue weighted by Gasteiger charge is -2.17. The predicted molar refractivity (Wildman–Crippen MR) is 96.2 cm³/mol. The molecule has 0 unspecified atom stereocenters. The summed E-state index contributed by atoms with van der Waals surface area (Å²) in [4.78, 5) is 3.65. The molecule has 0 saturated heterocycles. The number of hydrogen-bond acceptors (Lipinski definition) is 5. The third kappa shape index (κ3) is 4.77. The molecule has 0 aliphatic carbocycles. The maximum absolute atomic E-state index is 12.6. The molecule has 0 radical (unpaired) electrons. The monoisotopic (exact) mass is 383 g/mol. The van der Waals surface area contributed by atoms with Crippen LogP contribution >= 0.6 is 0 Å². The van der Waals surface area contributed by atoms with Crippen molar-refractivity contribution in [2.45, 2.75) is 29.6 Å². The molecule has 2 aromatic rings. The third-order valence-electron chi connectivity index (χ3n) is 3.58. The van der Waals surface area contributed by atoms with Crippen LogP contribution in [0.4, 0.5) is 5.69 Å². The van der Waals surface area contributed by atoms with Gasteiger partial charge in [0.15, 0.2) is 0 Å². The molecule has 0 aliphatic heterocycles. The number of sulfonamides is 2. The summed E-state index contributed by atoms with van der Waals surface area (Å²) in [7, 11) is -6.15. The molecule has 0 amide bonds. The van der Waals surface area contributed by atoms with Gasteiger partial charge in [-0.1, -0.05) is 19.4 Å². The third-order valence-corrected chi connectivity index (χ3v) is 6.81. The number of aromatic nitrogens is 1. The highest BCUT2D eigenvalue weighted by molar-refractivity contribution is 7.93. The summed E-state index contributed by atoms with van der Waals surface area (Å²) in [5.74, 6) is 0. The van der Waals surface area contributed by atoms with Crippen LogP contribution in [0, 0.1) is 0 Å². The van der Waals surface area contributed by atoms with Crippen molar-refractivity contribution in [1.82, 2.24) is 9.29 Å². The molecule has 0 saturated carbocycles. The minimum Gasteiger partial charge on any atom is -0.280 e. The van der Waals surface area contributed by atoms with E-state index in [4.69, 9.17) is 0 Å². The van der Waals surface area contributed by atoms with Gasteiger partial charge in [-0.05, 0) is 36.8 Å². The van der Waals surface area contributed by atoms with Crippen LogP contribution in [0.3, 0.4) is 0 Å². The molecule has 7 nitrogen and oxygen atoms in total. The Morgan fingerprint density at radius 2 is 1.68 bits per heavy atom. The Labute approximate surface area is 148 Å². The maximum Gasteiger partial charge on any atom is 0.261 e. The van der Waals surface area contributed by atoms with Crippen molar-refractivity contribution in [1.29, 1.82) is 0 Å². The number of benzene rings is 1. The van der Waals surface area contributed by atoms with Crippen molar-refractivity contribution < 1.29 is 16.8 Å². The van der Waals surface area contributed by atoms with Gasteiger partial charge in [-0.25, -0.2) is 21.1 Å². The van der Waals surface area contributed by atoms with Gasteiger partial charge in [-0.3, -0.25) is 9.71 Å². The summed E-state index contributed by atoms with van der Waals surface area (Å²) >= 11 is 0. The van der Waals surface area contributed by atoms with Crippen molar-refractivity contribution in [2.75, 3.05) is 18.3 Å². The molecule has 1 aromatic carbocycles. The summed E-state index contributed by atoms with van der Waals surface area (Å²) in [6, 6.07) is 8.36. The van der Waals surface area contributed by atoms with Crippen molar-refractivity contribution >= 4 is 25.7 Å². The zero-order valence-corrected chi connectivity index (χ0v) is 15.7. The summed E-state index contributed by atoms with van der Waals surface area (Å²) in [5.41, 5.74) is 0.350. The SMILES string of the molecule is CCCCN(C)S(=O)(=O)c1cccc(S(=O)(=O)Nc2ccncc2)c1. The first-order valence-corrected chi connectivity index (χ1v) is 10.7. The topological polar surface area (TPSA) is 96.4 Å². The molecular weight excluding hydrogens is 362 g/mol. The van der Waals surface area contributed by atoms with Gasteiger partial charge in [0.25, 0.3) is 10.0 Å². The Morgan fingerprint density at radius 1 is 1.04 bits per heavy atom. The molecule has 9 heteroatoms. The van der Waals surface area contributed by atoms with Crippen LogP contribution in [0.25, 0.3) is 0 Å². The molecule has 0 aliphatic rings. The molecule has 25 heavy (non-hydrogen) atoms. The van der Waals surface area contributed by atoms with Gasteiger partial charge < -0.3 is 0 Å². The number of hydrogen-bond donors (Lipinski definition) is 1. The summed E-state index contributed by atoms with van der Waals surface area (Å²) in [5, 5.41) is 0. The first-order chi connectivity index (χ1) is 11.8. The summed E-state index contributed by atoms with van der Waals surface area (Å²) < 4.78 is 53.8. The Bertz CT molecular complexity index is 913. The second-order valence-corrected chi connectivity index (χ2v) is 9.22. The lowest BCUT2D eigenvalue weighted by Crippen LogP contribution is -2.28. The quantitative estimate of drug-likeness (QED) is 0.754. The normalized spacial score (nSPS) is 12.3. The zero-order chi connectivity index (χ0) is 18.5. The van der Waals surface area contributed by atoms with E-state index in [2.05, 4.69) is 9.71 Å². The van der Waals surface area contributed by atoms with Crippen LogP contribution in [0.5, 0.6) is 0 Å². The molecular formula is C16H21N3O4S2. The molecule has 0 spiro atoms. The van der Waals surface area contributed by atoms with Gasteiger partial charge in [0, 0.05) is 26.0 Å². The van der Waals surface area contributed by atoms with E-state index in [-0.39, 0.29) is 9.79 Å². The average molecular weight is 383 g/mol. The highest BCUT2D eigenvalue weighted by atomic mass is 32.2. The van der Waals surface area contributed by atoms with Gasteiger partial charge in [0.2, 0.25) is 10.0 Å². The molecule has 1 aromatic heterocycles. The summed E-state index contributed by atoms with van der Waals surface area (Å²) in [6.07, 6.45) is 4.52. The Kier molecular flexibility index (Phi) is 6.15. The van der Waals surface area contributed by atoms with E-state index in [1.54, 1.807) is 0 Å². The van der Waals surface area contributed by atoms with Crippen LogP contribution in [-0.4, -0.2) is 39.7 Å². The highest BCUT2D eigenvalue weighted by Crippen LogP contribution is 2.21. The van der Waals surface area contributed by atoms with E-state index in [9.17, 15) is 16.8 Å². The largest absolute Gasteiger partial charge is 0.280 e. The van der Waals surface area contributed by atoms with E-state index in [0.717, 1.165) is 12.8 Å². The van der Waals surface area contributed by atoms with E-state index in [0.29, 0.717) is 12.2 Å². The van der Waals surface area contributed by atoms with Gasteiger partial charge in [0.05, 0.1) is 15.5 Å². The van der Waals surface area contributed by atoms with Crippen molar-refractivity contribution in [3.8, 4) is 0 Å². The van der Waals surface area contributed by atoms with E-state index < -0.39 is 20.0 Å². The first-order valence-electron chi connectivity index (χ1n) is 7.76. The highest BCUT2D eigenvalue weighted by Gasteiger charge is 2.23. The molecule has 0 fully saturated rings. The average Bonchev–Trinajstić information content (AvgIpc) is 2.60. The molecule has 136 valence electrons. The van der Waals surface area contributed by atoms with E-state index in [1.807, 2.05) is 6.92 Å². The van der Waals surface area contributed by atoms with Gasteiger partial charge >= 0.3 is 0 Å². The minimum atomic E-state index is -3.90. The fraction of sp³-hybridized carbons (Fsp3) is 0.312. The number of anilines is 1. The predicted octanol–water partition coefficient (Wildman–Crippen LogP) is 2.30. The Balaban J connectivity index is 2.32. The second kappa shape index (κ2) is 7.94. The number of nitrogens with one attached hydrogen (secondary N) is 1. The van der Waals surface area contributed by atoms with Crippen LogP contribution in [-0.2, 0) is 20.0 Å². The molecule has 0 atom stereocenters. The van der Waals surface area contributed by atoms with Crippen LogP contribution in [0.15, 0.2) is 58.6 Å².